The molecule has 0 atom stereocenters. The van der Waals surface area contributed by atoms with Crippen LogP contribution in [0.25, 0.3) is 89.8 Å². The molecular weight excluding hydrogens is 711 g/mol. The summed E-state index contributed by atoms with van der Waals surface area (Å²) >= 11 is 1.78. The molecule has 9 aromatic rings. The van der Waals surface area contributed by atoms with E-state index in [2.05, 4.69) is 140 Å². The molecule has 1 aromatic heterocycles. The zero-order valence-corrected chi connectivity index (χ0v) is 32.2. The molecule has 3 nitrogen and oxygen atoms in total. The average molecular weight is 748 g/mol. The lowest BCUT2D eigenvalue weighted by molar-refractivity contribution is 1.07. The molecule has 4 heteroatoms. The van der Waals surface area contributed by atoms with Crippen molar-refractivity contribution in [2.45, 2.75) is 11.3 Å². The summed E-state index contributed by atoms with van der Waals surface area (Å²) in [5, 5.41) is 0. The molecule has 1 aliphatic rings. The van der Waals surface area contributed by atoms with E-state index in [0.29, 0.717) is 17.5 Å². The summed E-state index contributed by atoms with van der Waals surface area (Å²) in [5.41, 5.74) is 18.1. The average Bonchev–Trinajstić information content (AvgIpc) is 3.69. The van der Waals surface area contributed by atoms with Crippen LogP contribution in [0.2, 0.25) is 0 Å². The quantitative estimate of drug-likeness (QED) is 0.145. The second-order valence-electron chi connectivity index (χ2n) is 14.3. The van der Waals surface area contributed by atoms with Gasteiger partial charge in [-0.25, -0.2) is 15.0 Å². The van der Waals surface area contributed by atoms with Crippen molar-refractivity contribution in [3.63, 3.8) is 0 Å². The number of fused-ring (bicyclic) bond motifs is 3. The van der Waals surface area contributed by atoms with Crippen LogP contribution in [0.3, 0.4) is 0 Å². The molecule has 0 fully saturated rings. The van der Waals surface area contributed by atoms with E-state index >= 15 is 0 Å². The summed E-state index contributed by atoms with van der Waals surface area (Å²) in [4.78, 5) is 16.1. The van der Waals surface area contributed by atoms with Crippen LogP contribution >= 0.6 is 11.8 Å². The molecular formula is C53H37N3S. The molecule has 57 heavy (non-hydrogen) atoms. The number of hydrogen-bond acceptors (Lipinski definition) is 4. The van der Waals surface area contributed by atoms with E-state index < -0.39 is 0 Å². The van der Waals surface area contributed by atoms with Crippen molar-refractivity contribution in [1.82, 2.24) is 15.0 Å². The first-order chi connectivity index (χ1) is 28.2. The molecule has 8 aromatic carbocycles. The number of nitrogens with zero attached hydrogens (tertiary/aromatic N) is 3. The van der Waals surface area contributed by atoms with Gasteiger partial charge in [0, 0.05) is 27.1 Å². The van der Waals surface area contributed by atoms with Gasteiger partial charge in [0.1, 0.15) is 0 Å². The second kappa shape index (κ2) is 15.0. The van der Waals surface area contributed by atoms with Gasteiger partial charge in [-0.2, -0.15) is 0 Å². The highest BCUT2D eigenvalue weighted by Gasteiger charge is 2.27. The maximum Gasteiger partial charge on any atom is 0.164 e. The van der Waals surface area contributed by atoms with Gasteiger partial charge in [-0.15, -0.1) is 11.8 Å². The molecule has 0 unspecified atom stereocenters. The molecule has 0 saturated carbocycles. The Morgan fingerprint density at radius 2 is 0.825 bits per heavy atom. The monoisotopic (exact) mass is 747 g/mol. The van der Waals surface area contributed by atoms with E-state index in [4.69, 9.17) is 15.0 Å². The third-order valence-corrected chi connectivity index (χ3v) is 11.7. The Bertz CT molecular complexity index is 2830. The topological polar surface area (TPSA) is 38.7 Å². The maximum absolute atomic E-state index is 4.99. The standard InChI is InChI=1S/C53H37N3S/c1-57-48-26-14-25-45(46-32-31-43(47-34-42-21-11-12-24-44(42)50(46)47)41-23-13-22-40(33-41)35-15-5-2-6-16-35)49(48)36-27-29-39(30-28-36)53-55-51(37-17-7-3-8-18-37)54-52(56-53)38-19-9-4-10-20-38/h2-33H,34H2,1H3. The highest BCUT2D eigenvalue weighted by molar-refractivity contribution is 7.98. The number of aromatic nitrogens is 3. The van der Waals surface area contributed by atoms with E-state index in [1.165, 1.54) is 66.1 Å². The van der Waals surface area contributed by atoms with Gasteiger partial charge in [-0.05, 0) is 86.0 Å². The van der Waals surface area contributed by atoms with Crippen molar-refractivity contribution < 1.29 is 0 Å². The zero-order valence-electron chi connectivity index (χ0n) is 31.4. The van der Waals surface area contributed by atoms with E-state index in [0.717, 1.165) is 28.7 Å². The maximum atomic E-state index is 4.99. The first-order valence-corrected chi connectivity index (χ1v) is 20.5. The van der Waals surface area contributed by atoms with Crippen molar-refractivity contribution in [2.75, 3.05) is 6.26 Å². The number of hydrogen-bond donors (Lipinski definition) is 0. The molecule has 0 bridgehead atoms. The summed E-state index contributed by atoms with van der Waals surface area (Å²) < 4.78 is 0. The van der Waals surface area contributed by atoms with Crippen LogP contribution in [-0.4, -0.2) is 21.2 Å². The SMILES string of the molecule is CSc1cccc(-c2ccc(-c3cccc(-c4ccccc4)c3)c3c2-c2ccccc2C3)c1-c1ccc(-c2nc(-c3ccccc3)nc(-c3ccccc3)n2)cc1. The van der Waals surface area contributed by atoms with Crippen LogP contribution in [0.15, 0.2) is 199 Å². The number of rotatable bonds is 8. The van der Waals surface area contributed by atoms with Gasteiger partial charge >= 0.3 is 0 Å². The van der Waals surface area contributed by atoms with Crippen LogP contribution in [0.1, 0.15) is 11.1 Å². The zero-order chi connectivity index (χ0) is 38.1. The van der Waals surface area contributed by atoms with Crippen molar-refractivity contribution in [2.24, 2.45) is 0 Å². The van der Waals surface area contributed by atoms with Crippen LogP contribution in [0.4, 0.5) is 0 Å². The summed E-state index contributed by atoms with van der Waals surface area (Å²) in [6.45, 7) is 0. The lowest BCUT2D eigenvalue weighted by Gasteiger charge is -2.20. The Morgan fingerprint density at radius 3 is 1.47 bits per heavy atom. The molecule has 0 aliphatic heterocycles. The van der Waals surface area contributed by atoms with Gasteiger partial charge in [0.15, 0.2) is 17.5 Å². The molecule has 270 valence electrons. The van der Waals surface area contributed by atoms with Crippen molar-refractivity contribution in [1.29, 1.82) is 0 Å². The second-order valence-corrected chi connectivity index (χ2v) is 15.1. The van der Waals surface area contributed by atoms with E-state index in [1.807, 2.05) is 60.7 Å². The Labute approximate surface area is 337 Å². The highest BCUT2D eigenvalue weighted by atomic mass is 32.2. The van der Waals surface area contributed by atoms with Gasteiger partial charge < -0.3 is 0 Å². The minimum Gasteiger partial charge on any atom is -0.208 e. The predicted octanol–water partition coefficient (Wildman–Crippen LogP) is 13.8. The summed E-state index contributed by atoms with van der Waals surface area (Å²) in [7, 11) is 0. The predicted molar refractivity (Wildman–Crippen MR) is 238 cm³/mol. The van der Waals surface area contributed by atoms with E-state index in [-0.39, 0.29) is 0 Å². The molecule has 0 spiro atoms. The normalized spacial score (nSPS) is 11.6. The van der Waals surface area contributed by atoms with Crippen LogP contribution < -0.4 is 0 Å². The third kappa shape index (κ3) is 6.54. The fourth-order valence-electron chi connectivity index (χ4n) is 8.19. The molecule has 0 saturated heterocycles. The number of thioether (sulfide) groups is 1. The molecule has 0 radical (unpaired) electrons. The van der Waals surface area contributed by atoms with Crippen LogP contribution in [0.5, 0.6) is 0 Å². The lowest BCUT2D eigenvalue weighted by atomic mass is 9.85. The largest absolute Gasteiger partial charge is 0.208 e. The van der Waals surface area contributed by atoms with Crippen molar-refractivity contribution in [3.05, 3.63) is 205 Å². The minimum atomic E-state index is 0.647. The molecule has 0 amide bonds. The van der Waals surface area contributed by atoms with E-state index in [1.54, 1.807) is 11.8 Å². The molecule has 10 rings (SSSR count). The fraction of sp³-hybridized carbons (Fsp3) is 0.0377. The summed E-state index contributed by atoms with van der Waals surface area (Å²) in [6, 6.07) is 69.0. The lowest BCUT2D eigenvalue weighted by Crippen LogP contribution is -2.00. The summed E-state index contributed by atoms with van der Waals surface area (Å²) in [5.74, 6) is 1.96. The molecule has 1 heterocycles. The van der Waals surface area contributed by atoms with Gasteiger partial charge in [0.25, 0.3) is 0 Å². The van der Waals surface area contributed by atoms with Crippen molar-refractivity contribution in [3.8, 4) is 89.8 Å². The third-order valence-electron chi connectivity index (χ3n) is 10.9. The van der Waals surface area contributed by atoms with Gasteiger partial charge in [-0.3, -0.25) is 0 Å². The molecule has 0 N–H and O–H groups in total. The highest BCUT2D eigenvalue weighted by Crippen LogP contribution is 2.50. The van der Waals surface area contributed by atoms with Crippen molar-refractivity contribution >= 4 is 11.8 Å². The van der Waals surface area contributed by atoms with Gasteiger partial charge in [0.2, 0.25) is 0 Å². The Balaban J connectivity index is 1.09. The number of benzene rings is 8. The Morgan fingerprint density at radius 1 is 0.351 bits per heavy atom. The smallest absolute Gasteiger partial charge is 0.164 e. The first kappa shape index (κ1) is 34.6. The Hall–Kier alpha value is -6.88. The Kier molecular flexibility index (Phi) is 9.10. The minimum absolute atomic E-state index is 0.647. The molecule has 1 aliphatic carbocycles. The van der Waals surface area contributed by atoms with Gasteiger partial charge in [0.05, 0.1) is 0 Å². The van der Waals surface area contributed by atoms with Crippen LogP contribution in [0, 0.1) is 0 Å². The fourth-order valence-corrected chi connectivity index (χ4v) is 8.83. The first-order valence-electron chi connectivity index (χ1n) is 19.3. The van der Waals surface area contributed by atoms with E-state index in [9.17, 15) is 0 Å². The van der Waals surface area contributed by atoms with Crippen LogP contribution in [-0.2, 0) is 6.42 Å². The summed E-state index contributed by atoms with van der Waals surface area (Å²) in [6.07, 6.45) is 3.07. The van der Waals surface area contributed by atoms with Gasteiger partial charge in [-0.1, -0.05) is 182 Å².